The van der Waals surface area contributed by atoms with Crippen molar-refractivity contribution in [2.45, 2.75) is 18.9 Å². The first kappa shape index (κ1) is 13.7. The average molecular weight is 278 g/mol. The van der Waals surface area contributed by atoms with E-state index in [0.717, 1.165) is 0 Å². The molecule has 0 aromatic heterocycles. The maximum atomic E-state index is 10.8. The van der Waals surface area contributed by atoms with Gasteiger partial charge in [-0.1, -0.05) is 29.3 Å². The number of halogens is 2. The zero-order chi connectivity index (χ0) is 13.0. The summed E-state index contributed by atoms with van der Waals surface area (Å²) >= 11 is 11.4. The van der Waals surface area contributed by atoms with E-state index >= 15 is 0 Å². The molecule has 0 spiro atoms. The van der Waals surface area contributed by atoms with Crippen LogP contribution in [0, 0.1) is 10.1 Å². The number of alkyl halides is 1. The lowest BCUT2D eigenvalue weighted by Gasteiger charge is -2.09. The van der Waals surface area contributed by atoms with E-state index in [1.165, 1.54) is 25.1 Å². The summed E-state index contributed by atoms with van der Waals surface area (Å²) in [5.41, 5.74) is -0.719. The molecule has 1 rings (SSSR count). The maximum Gasteiger partial charge on any atom is 0.304 e. The highest BCUT2D eigenvalue weighted by molar-refractivity contribution is 6.30. The molecular weight excluding hydrogens is 269 g/mol. The van der Waals surface area contributed by atoms with Crippen LogP contribution in [0.3, 0.4) is 0 Å². The first-order valence-electron chi connectivity index (χ1n) is 4.64. The lowest BCUT2D eigenvalue weighted by atomic mass is 10.1. The minimum absolute atomic E-state index is 0.0502. The third kappa shape index (κ3) is 4.20. The highest BCUT2D eigenvalue weighted by Gasteiger charge is 2.18. The molecule has 0 aliphatic carbocycles. The van der Waals surface area contributed by atoms with Crippen LogP contribution in [0.25, 0.3) is 0 Å². The van der Waals surface area contributed by atoms with Crippen LogP contribution in [0.2, 0.25) is 5.02 Å². The van der Waals surface area contributed by atoms with E-state index in [2.05, 4.69) is 0 Å². The monoisotopic (exact) mass is 277 g/mol. The minimum Gasteiger partial charge on any atom is -0.446 e. The van der Waals surface area contributed by atoms with Crippen molar-refractivity contribution >= 4 is 34.9 Å². The van der Waals surface area contributed by atoms with E-state index < -0.39 is 16.5 Å². The quantitative estimate of drug-likeness (QED) is 0.367. The van der Waals surface area contributed by atoms with Crippen LogP contribution in [0.1, 0.15) is 12.5 Å². The van der Waals surface area contributed by atoms with Crippen molar-refractivity contribution in [3.05, 3.63) is 38.9 Å². The zero-order valence-corrected chi connectivity index (χ0v) is 10.4. The van der Waals surface area contributed by atoms with E-state index in [4.69, 9.17) is 27.9 Å². The van der Waals surface area contributed by atoms with Crippen molar-refractivity contribution in [3.8, 4) is 0 Å². The second-order valence-electron chi connectivity index (χ2n) is 3.25. The molecule has 1 atom stereocenters. The molecule has 7 heteroatoms. The van der Waals surface area contributed by atoms with Crippen LogP contribution < -0.4 is 0 Å². The first-order valence-corrected chi connectivity index (χ1v) is 5.45. The molecule has 0 radical (unpaired) electrons. The fraction of sp³-hybridized carbons (Fsp3) is 0.300. The van der Waals surface area contributed by atoms with E-state index in [1.807, 2.05) is 0 Å². The number of carbonyl (C=O) groups excluding carboxylic acids is 1. The lowest BCUT2D eigenvalue weighted by molar-refractivity contribution is -0.385. The molecule has 92 valence electrons. The Morgan fingerprint density at radius 1 is 1.59 bits per heavy atom. The number of esters is 1. The summed E-state index contributed by atoms with van der Waals surface area (Å²) in [5, 5.41) is 11.0. The summed E-state index contributed by atoms with van der Waals surface area (Å²) in [7, 11) is 0. The van der Waals surface area contributed by atoms with Crippen molar-refractivity contribution in [3.63, 3.8) is 0 Å². The Morgan fingerprint density at radius 2 is 2.24 bits per heavy atom. The van der Waals surface area contributed by atoms with Gasteiger partial charge < -0.3 is 4.74 Å². The van der Waals surface area contributed by atoms with Crippen molar-refractivity contribution in [1.82, 2.24) is 0 Å². The number of benzene rings is 1. The number of nitro groups is 1. The SMILES string of the molecule is CC(=O)OC(Cl)Cc1ccc(Cl)cc1[N+](=O)[O-]. The predicted octanol–water partition coefficient (Wildman–Crippen LogP) is 2.92. The third-order valence-electron chi connectivity index (χ3n) is 1.92. The molecule has 0 saturated heterocycles. The lowest BCUT2D eigenvalue weighted by Crippen LogP contribution is -2.13. The summed E-state index contributed by atoms with van der Waals surface area (Å²) in [6.45, 7) is 1.21. The molecule has 0 amide bonds. The molecular formula is C10H9Cl2NO4. The van der Waals surface area contributed by atoms with Crippen LogP contribution in [0.5, 0.6) is 0 Å². The number of hydrogen-bond acceptors (Lipinski definition) is 4. The Kier molecular flexibility index (Phi) is 4.72. The molecule has 5 nitrogen and oxygen atoms in total. The van der Waals surface area contributed by atoms with Crippen LogP contribution in [0.4, 0.5) is 5.69 Å². The van der Waals surface area contributed by atoms with Gasteiger partial charge in [0.25, 0.3) is 5.69 Å². The van der Waals surface area contributed by atoms with E-state index in [0.29, 0.717) is 5.56 Å². The predicted molar refractivity (Wildman–Crippen MR) is 63.2 cm³/mol. The number of nitro benzene ring substituents is 1. The van der Waals surface area contributed by atoms with Gasteiger partial charge in [-0.15, -0.1) is 0 Å². The minimum atomic E-state index is -0.938. The molecule has 17 heavy (non-hydrogen) atoms. The van der Waals surface area contributed by atoms with E-state index in [9.17, 15) is 14.9 Å². The number of carbonyl (C=O) groups is 1. The van der Waals surface area contributed by atoms with Gasteiger partial charge in [0, 0.05) is 30.0 Å². The standard InChI is InChI=1S/C10H9Cl2NO4/c1-6(14)17-10(12)4-7-2-3-8(11)5-9(7)13(15)16/h2-3,5,10H,4H2,1H3. The Hall–Kier alpha value is -1.33. The molecule has 0 N–H and O–H groups in total. The Labute approximate surface area is 107 Å². The van der Waals surface area contributed by atoms with Gasteiger partial charge in [0.2, 0.25) is 0 Å². The van der Waals surface area contributed by atoms with Gasteiger partial charge in [0.05, 0.1) is 4.92 Å². The number of hydrogen-bond donors (Lipinski definition) is 0. The van der Waals surface area contributed by atoms with Crippen LogP contribution in [-0.4, -0.2) is 16.5 Å². The number of ether oxygens (including phenoxy) is 1. The molecule has 0 aliphatic rings. The van der Waals surface area contributed by atoms with Crippen LogP contribution in [-0.2, 0) is 16.0 Å². The van der Waals surface area contributed by atoms with Crippen molar-refractivity contribution in [1.29, 1.82) is 0 Å². The first-order chi connectivity index (χ1) is 7.90. The summed E-state index contributed by atoms with van der Waals surface area (Å²) in [4.78, 5) is 20.9. The van der Waals surface area contributed by atoms with Crippen molar-refractivity contribution < 1.29 is 14.5 Å². The fourth-order valence-electron chi connectivity index (χ4n) is 1.27. The Bertz CT molecular complexity index is 450. The molecule has 0 fully saturated rings. The highest BCUT2D eigenvalue weighted by atomic mass is 35.5. The molecule has 0 aliphatic heterocycles. The van der Waals surface area contributed by atoms with Gasteiger partial charge in [-0.3, -0.25) is 14.9 Å². The van der Waals surface area contributed by atoms with Gasteiger partial charge in [0.1, 0.15) is 0 Å². The average Bonchev–Trinajstić information content (AvgIpc) is 2.19. The van der Waals surface area contributed by atoms with Crippen molar-refractivity contribution in [2.75, 3.05) is 0 Å². The van der Waals surface area contributed by atoms with Gasteiger partial charge in [0.15, 0.2) is 5.56 Å². The number of nitrogens with zero attached hydrogens (tertiary/aromatic N) is 1. The van der Waals surface area contributed by atoms with E-state index in [-0.39, 0.29) is 17.1 Å². The molecule has 0 saturated carbocycles. The molecule has 0 heterocycles. The number of rotatable bonds is 4. The second kappa shape index (κ2) is 5.84. The largest absolute Gasteiger partial charge is 0.446 e. The topological polar surface area (TPSA) is 69.4 Å². The van der Waals surface area contributed by atoms with Crippen LogP contribution in [0.15, 0.2) is 18.2 Å². The third-order valence-corrected chi connectivity index (χ3v) is 2.40. The summed E-state index contributed by atoms with van der Waals surface area (Å²) in [6.07, 6.45) is 0.0502. The smallest absolute Gasteiger partial charge is 0.304 e. The normalized spacial score (nSPS) is 11.9. The Morgan fingerprint density at radius 3 is 2.76 bits per heavy atom. The summed E-state index contributed by atoms with van der Waals surface area (Å²) in [5.74, 6) is -0.540. The highest BCUT2D eigenvalue weighted by Crippen LogP contribution is 2.25. The van der Waals surface area contributed by atoms with Crippen LogP contribution >= 0.6 is 23.2 Å². The molecule has 1 unspecified atom stereocenters. The zero-order valence-electron chi connectivity index (χ0n) is 8.85. The van der Waals surface area contributed by atoms with Gasteiger partial charge in [-0.05, 0) is 6.07 Å². The molecule has 1 aromatic rings. The van der Waals surface area contributed by atoms with Gasteiger partial charge in [-0.25, -0.2) is 0 Å². The molecule has 1 aromatic carbocycles. The van der Waals surface area contributed by atoms with Gasteiger partial charge >= 0.3 is 5.97 Å². The Balaban J connectivity index is 2.90. The fourth-order valence-corrected chi connectivity index (χ4v) is 1.73. The second-order valence-corrected chi connectivity index (χ2v) is 4.18. The van der Waals surface area contributed by atoms with Crippen molar-refractivity contribution in [2.24, 2.45) is 0 Å². The maximum absolute atomic E-state index is 10.8. The van der Waals surface area contributed by atoms with Gasteiger partial charge in [-0.2, -0.15) is 0 Å². The summed E-state index contributed by atoms with van der Waals surface area (Å²) < 4.78 is 4.69. The van der Waals surface area contributed by atoms with E-state index in [1.54, 1.807) is 0 Å². The molecule has 0 bridgehead atoms. The summed E-state index contributed by atoms with van der Waals surface area (Å²) in [6, 6.07) is 4.23.